The van der Waals surface area contributed by atoms with E-state index in [9.17, 15) is 14.4 Å². The van der Waals surface area contributed by atoms with Gasteiger partial charge in [-0.25, -0.2) is 4.79 Å². The standard InChI is InChI=1S/C8H9NO4S/c1-13-8(12)6-4(14-2)3-5(10)9-7(6)11/h3H2,1-2H3,(H,9,10,11). The summed E-state index contributed by atoms with van der Waals surface area (Å²) in [6.45, 7) is 0. The SMILES string of the molecule is COC(=O)C1=C(SC)CC(=O)NC1=O. The molecule has 0 saturated carbocycles. The van der Waals surface area contributed by atoms with Crippen LogP contribution in [0.3, 0.4) is 0 Å². The maximum atomic E-state index is 11.3. The predicted molar refractivity (Wildman–Crippen MR) is 50.3 cm³/mol. The molecule has 76 valence electrons. The van der Waals surface area contributed by atoms with Gasteiger partial charge in [-0.1, -0.05) is 0 Å². The maximum absolute atomic E-state index is 11.3. The summed E-state index contributed by atoms with van der Waals surface area (Å²) in [5, 5.41) is 2.06. The summed E-state index contributed by atoms with van der Waals surface area (Å²) in [4.78, 5) is 33.9. The van der Waals surface area contributed by atoms with Crippen LogP contribution in [0.25, 0.3) is 0 Å². The van der Waals surface area contributed by atoms with Crippen LogP contribution in [-0.4, -0.2) is 31.1 Å². The van der Waals surface area contributed by atoms with E-state index >= 15 is 0 Å². The smallest absolute Gasteiger partial charge is 0.344 e. The number of nitrogens with one attached hydrogen (secondary N) is 1. The summed E-state index contributed by atoms with van der Waals surface area (Å²) >= 11 is 1.20. The number of esters is 1. The van der Waals surface area contributed by atoms with Crippen molar-refractivity contribution in [2.24, 2.45) is 0 Å². The highest BCUT2D eigenvalue weighted by Crippen LogP contribution is 2.24. The van der Waals surface area contributed by atoms with Crippen LogP contribution in [0.4, 0.5) is 0 Å². The van der Waals surface area contributed by atoms with Crippen LogP contribution >= 0.6 is 11.8 Å². The van der Waals surface area contributed by atoms with Gasteiger partial charge in [0.05, 0.1) is 13.5 Å². The number of carbonyl (C=O) groups excluding carboxylic acids is 3. The number of carbonyl (C=O) groups is 3. The van der Waals surface area contributed by atoms with Crippen molar-refractivity contribution < 1.29 is 19.1 Å². The molecule has 1 rings (SSSR count). The van der Waals surface area contributed by atoms with E-state index in [2.05, 4.69) is 10.1 Å². The summed E-state index contributed by atoms with van der Waals surface area (Å²) < 4.78 is 4.45. The van der Waals surface area contributed by atoms with Crippen LogP contribution < -0.4 is 5.32 Å². The lowest BCUT2D eigenvalue weighted by atomic mass is 10.1. The highest BCUT2D eigenvalue weighted by atomic mass is 32.2. The Hall–Kier alpha value is -1.30. The van der Waals surface area contributed by atoms with E-state index in [4.69, 9.17) is 0 Å². The zero-order chi connectivity index (χ0) is 10.7. The third-order valence-electron chi connectivity index (χ3n) is 1.72. The van der Waals surface area contributed by atoms with Gasteiger partial charge in [-0.2, -0.15) is 0 Å². The molecule has 0 unspecified atom stereocenters. The molecule has 6 heteroatoms. The average molecular weight is 215 g/mol. The Morgan fingerprint density at radius 3 is 2.64 bits per heavy atom. The molecule has 5 nitrogen and oxygen atoms in total. The number of thioether (sulfide) groups is 1. The van der Waals surface area contributed by atoms with Crippen molar-refractivity contribution in [1.82, 2.24) is 5.32 Å². The van der Waals surface area contributed by atoms with Gasteiger partial charge in [-0.05, 0) is 6.26 Å². The third-order valence-corrected chi connectivity index (χ3v) is 2.56. The molecule has 0 atom stereocenters. The zero-order valence-corrected chi connectivity index (χ0v) is 8.56. The van der Waals surface area contributed by atoms with Crippen LogP contribution in [-0.2, 0) is 19.1 Å². The minimum absolute atomic E-state index is 0.0529. The van der Waals surface area contributed by atoms with Crippen LogP contribution in [0, 0.1) is 0 Å². The maximum Gasteiger partial charge on any atom is 0.344 e. The molecule has 0 fully saturated rings. The molecule has 0 aliphatic carbocycles. The van der Waals surface area contributed by atoms with Crippen molar-refractivity contribution in [3.05, 3.63) is 10.5 Å². The Kier molecular flexibility index (Phi) is 3.29. The summed E-state index contributed by atoms with van der Waals surface area (Å²) in [6.07, 6.45) is 1.75. The Bertz CT molecular complexity index is 334. The van der Waals surface area contributed by atoms with Crippen molar-refractivity contribution >= 4 is 29.5 Å². The number of ether oxygens (including phenoxy) is 1. The molecule has 0 aromatic heterocycles. The molecule has 1 aliphatic rings. The lowest BCUT2D eigenvalue weighted by Gasteiger charge is -2.15. The molecule has 14 heavy (non-hydrogen) atoms. The fourth-order valence-electron chi connectivity index (χ4n) is 1.08. The molecule has 1 heterocycles. The highest BCUT2D eigenvalue weighted by Gasteiger charge is 2.30. The number of rotatable bonds is 2. The molecule has 0 saturated heterocycles. The second-order valence-corrected chi connectivity index (χ2v) is 3.45. The summed E-state index contributed by atoms with van der Waals surface area (Å²) in [7, 11) is 1.19. The van der Waals surface area contributed by atoms with Crippen LogP contribution in [0.1, 0.15) is 6.42 Å². The second-order valence-electron chi connectivity index (χ2n) is 2.55. The quantitative estimate of drug-likeness (QED) is 0.393. The largest absolute Gasteiger partial charge is 0.465 e. The first-order valence-corrected chi connectivity index (χ1v) is 5.02. The minimum Gasteiger partial charge on any atom is -0.465 e. The summed E-state index contributed by atoms with van der Waals surface area (Å²) in [5.74, 6) is -1.79. The molecule has 0 aromatic rings. The van der Waals surface area contributed by atoms with Crippen LogP contribution in [0.2, 0.25) is 0 Å². The number of hydrogen-bond acceptors (Lipinski definition) is 5. The van der Waals surface area contributed by atoms with Crippen LogP contribution in [0.15, 0.2) is 10.5 Å². The van der Waals surface area contributed by atoms with Gasteiger partial charge in [0.2, 0.25) is 5.91 Å². The zero-order valence-electron chi connectivity index (χ0n) is 7.75. The molecule has 0 spiro atoms. The number of hydrogen-bond donors (Lipinski definition) is 1. The normalized spacial score (nSPS) is 16.7. The van der Waals surface area contributed by atoms with Crippen molar-refractivity contribution in [2.75, 3.05) is 13.4 Å². The first-order valence-electron chi connectivity index (χ1n) is 3.79. The lowest BCUT2D eigenvalue weighted by molar-refractivity contribution is -0.139. The van der Waals surface area contributed by atoms with E-state index in [1.54, 1.807) is 6.26 Å². The van der Waals surface area contributed by atoms with Crippen molar-refractivity contribution in [1.29, 1.82) is 0 Å². The molecule has 1 aliphatic heterocycles. The summed E-state index contributed by atoms with van der Waals surface area (Å²) in [6, 6.07) is 0. The predicted octanol–water partition coefficient (Wildman–Crippen LogP) is -0.177. The van der Waals surface area contributed by atoms with Gasteiger partial charge in [0.15, 0.2) is 0 Å². The van der Waals surface area contributed by atoms with Crippen LogP contribution in [0.5, 0.6) is 0 Å². The minimum atomic E-state index is -0.709. The van der Waals surface area contributed by atoms with Gasteiger partial charge < -0.3 is 4.74 Å². The number of imide groups is 1. The van der Waals surface area contributed by atoms with Gasteiger partial charge in [0.1, 0.15) is 5.57 Å². The van der Waals surface area contributed by atoms with E-state index in [1.165, 1.54) is 18.9 Å². The average Bonchev–Trinajstić information content (AvgIpc) is 2.15. The Morgan fingerprint density at radius 1 is 1.50 bits per heavy atom. The third kappa shape index (κ3) is 1.95. The monoisotopic (exact) mass is 215 g/mol. The Morgan fingerprint density at radius 2 is 2.14 bits per heavy atom. The first-order chi connectivity index (χ1) is 6.60. The van der Waals surface area contributed by atoms with E-state index in [0.717, 1.165) is 0 Å². The Labute approximate surface area is 84.9 Å². The fraction of sp³-hybridized carbons (Fsp3) is 0.375. The lowest BCUT2D eigenvalue weighted by Crippen LogP contribution is -2.38. The van der Waals surface area contributed by atoms with E-state index < -0.39 is 17.8 Å². The molecule has 2 amide bonds. The fourth-order valence-corrected chi connectivity index (χ4v) is 1.73. The van der Waals surface area contributed by atoms with Crippen molar-refractivity contribution in [3.63, 3.8) is 0 Å². The number of methoxy groups -OCH3 is 1. The van der Waals surface area contributed by atoms with Crippen molar-refractivity contribution in [2.45, 2.75) is 6.42 Å². The van der Waals surface area contributed by atoms with E-state index in [-0.39, 0.29) is 12.0 Å². The molecule has 1 N–H and O–H groups in total. The topological polar surface area (TPSA) is 72.5 Å². The van der Waals surface area contributed by atoms with E-state index in [1.807, 2.05) is 0 Å². The molecule has 0 bridgehead atoms. The highest BCUT2D eigenvalue weighted by molar-refractivity contribution is 8.02. The van der Waals surface area contributed by atoms with Gasteiger partial charge in [0, 0.05) is 4.91 Å². The van der Waals surface area contributed by atoms with Gasteiger partial charge in [0.25, 0.3) is 5.91 Å². The van der Waals surface area contributed by atoms with Gasteiger partial charge >= 0.3 is 5.97 Å². The molecule has 0 radical (unpaired) electrons. The van der Waals surface area contributed by atoms with Gasteiger partial charge in [-0.15, -0.1) is 11.8 Å². The molecular formula is C8H9NO4S. The second kappa shape index (κ2) is 4.28. The van der Waals surface area contributed by atoms with Gasteiger partial charge in [-0.3, -0.25) is 14.9 Å². The van der Waals surface area contributed by atoms with E-state index in [0.29, 0.717) is 4.91 Å². The summed E-state index contributed by atoms with van der Waals surface area (Å²) in [5.41, 5.74) is -0.0698. The number of amides is 2. The molecular weight excluding hydrogens is 206 g/mol. The van der Waals surface area contributed by atoms with Crippen molar-refractivity contribution in [3.8, 4) is 0 Å². The Balaban J connectivity index is 3.11. The first kappa shape index (κ1) is 10.8. The molecule has 0 aromatic carbocycles.